The van der Waals surface area contributed by atoms with Gasteiger partial charge in [-0.2, -0.15) is 0 Å². The quantitative estimate of drug-likeness (QED) is 0.933. The molecular weight excluding hydrogens is 272 g/mol. The summed E-state index contributed by atoms with van der Waals surface area (Å²) in [5.41, 5.74) is 6.28. The van der Waals surface area contributed by atoms with Gasteiger partial charge < -0.3 is 10.5 Å². The van der Waals surface area contributed by atoms with Crippen LogP contribution in [0.25, 0.3) is 0 Å². The van der Waals surface area contributed by atoms with Crippen LogP contribution in [0.4, 0.5) is 8.78 Å². The maximum atomic E-state index is 13.9. The first kappa shape index (κ1) is 13.8. The summed E-state index contributed by atoms with van der Waals surface area (Å²) in [5, 5.41) is 0.267. The molecule has 19 heavy (non-hydrogen) atoms. The van der Waals surface area contributed by atoms with E-state index in [1.165, 1.54) is 31.4 Å². The number of rotatable bonds is 3. The molecule has 0 saturated carbocycles. The summed E-state index contributed by atoms with van der Waals surface area (Å²) >= 11 is 5.67. The second-order valence-corrected chi connectivity index (χ2v) is 4.47. The van der Waals surface area contributed by atoms with Gasteiger partial charge in [-0.15, -0.1) is 0 Å². The van der Waals surface area contributed by atoms with E-state index in [-0.39, 0.29) is 16.1 Å². The highest BCUT2D eigenvalue weighted by Gasteiger charge is 2.17. The SMILES string of the molecule is COc1ccc(C(N)c2ccc(Cl)cc2F)c(F)c1. The summed E-state index contributed by atoms with van der Waals surface area (Å²) in [6.45, 7) is 0. The number of benzene rings is 2. The van der Waals surface area contributed by atoms with E-state index >= 15 is 0 Å². The lowest BCUT2D eigenvalue weighted by Gasteiger charge is -2.15. The smallest absolute Gasteiger partial charge is 0.132 e. The van der Waals surface area contributed by atoms with E-state index < -0.39 is 17.7 Å². The molecule has 0 bridgehead atoms. The molecule has 0 aliphatic rings. The highest BCUT2D eigenvalue weighted by molar-refractivity contribution is 6.30. The Hall–Kier alpha value is -1.65. The third-order valence-electron chi connectivity index (χ3n) is 2.84. The molecule has 0 aromatic heterocycles. The maximum Gasteiger partial charge on any atom is 0.132 e. The largest absolute Gasteiger partial charge is 0.497 e. The Bertz CT molecular complexity index is 604. The highest BCUT2D eigenvalue weighted by atomic mass is 35.5. The van der Waals surface area contributed by atoms with Crippen molar-refractivity contribution in [2.75, 3.05) is 7.11 Å². The van der Waals surface area contributed by atoms with Gasteiger partial charge in [-0.05, 0) is 18.2 Å². The van der Waals surface area contributed by atoms with E-state index in [1.807, 2.05) is 0 Å². The van der Waals surface area contributed by atoms with Crippen molar-refractivity contribution in [3.8, 4) is 5.75 Å². The van der Waals surface area contributed by atoms with Gasteiger partial charge in [0.2, 0.25) is 0 Å². The van der Waals surface area contributed by atoms with Gasteiger partial charge in [-0.3, -0.25) is 0 Å². The van der Waals surface area contributed by atoms with Crippen molar-refractivity contribution in [3.63, 3.8) is 0 Å². The maximum absolute atomic E-state index is 13.9. The van der Waals surface area contributed by atoms with Gasteiger partial charge in [-0.25, -0.2) is 8.78 Å². The molecule has 100 valence electrons. The number of methoxy groups -OCH3 is 1. The van der Waals surface area contributed by atoms with Gasteiger partial charge in [0.25, 0.3) is 0 Å². The summed E-state index contributed by atoms with van der Waals surface area (Å²) < 4.78 is 32.5. The van der Waals surface area contributed by atoms with Gasteiger partial charge in [0.15, 0.2) is 0 Å². The van der Waals surface area contributed by atoms with E-state index in [9.17, 15) is 8.78 Å². The van der Waals surface area contributed by atoms with Gasteiger partial charge in [0, 0.05) is 22.2 Å². The zero-order valence-corrected chi connectivity index (χ0v) is 10.9. The molecule has 0 saturated heterocycles. The molecule has 0 aliphatic carbocycles. The first-order valence-corrected chi connectivity index (χ1v) is 5.94. The number of hydrogen-bond acceptors (Lipinski definition) is 2. The molecule has 2 aromatic rings. The van der Waals surface area contributed by atoms with Gasteiger partial charge in [-0.1, -0.05) is 23.7 Å². The van der Waals surface area contributed by atoms with E-state index in [4.69, 9.17) is 22.1 Å². The number of halogens is 3. The molecule has 0 heterocycles. The predicted octanol–water partition coefficient (Wildman–Crippen LogP) is 3.67. The van der Waals surface area contributed by atoms with Gasteiger partial charge in [0.1, 0.15) is 17.4 Å². The predicted molar refractivity (Wildman–Crippen MR) is 70.4 cm³/mol. The Labute approximate surface area is 114 Å². The first-order valence-electron chi connectivity index (χ1n) is 5.57. The van der Waals surface area contributed by atoms with Gasteiger partial charge >= 0.3 is 0 Å². The fraction of sp³-hybridized carbons (Fsp3) is 0.143. The van der Waals surface area contributed by atoms with E-state index in [0.717, 1.165) is 6.07 Å². The van der Waals surface area contributed by atoms with Crippen molar-refractivity contribution >= 4 is 11.6 Å². The van der Waals surface area contributed by atoms with Crippen LogP contribution >= 0.6 is 11.6 Å². The van der Waals surface area contributed by atoms with Crippen LogP contribution in [-0.4, -0.2) is 7.11 Å². The standard InChI is InChI=1S/C14H12ClF2NO/c1-19-9-3-5-11(13(17)7-9)14(18)10-4-2-8(15)6-12(10)16/h2-7,14H,18H2,1H3. The Morgan fingerprint density at radius 1 is 1.05 bits per heavy atom. The second-order valence-electron chi connectivity index (χ2n) is 4.03. The lowest BCUT2D eigenvalue weighted by molar-refractivity contribution is 0.410. The molecule has 5 heteroatoms. The molecule has 1 atom stereocenters. The van der Waals surface area contributed by atoms with Crippen molar-refractivity contribution in [1.82, 2.24) is 0 Å². The van der Waals surface area contributed by atoms with Crippen LogP contribution in [0, 0.1) is 11.6 Å². The van der Waals surface area contributed by atoms with Crippen molar-refractivity contribution in [2.45, 2.75) is 6.04 Å². The van der Waals surface area contributed by atoms with Crippen molar-refractivity contribution in [2.24, 2.45) is 5.73 Å². The third-order valence-corrected chi connectivity index (χ3v) is 3.08. The minimum atomic E-state index is -0.900. The minimum Gasteiger partial charge on any atom is -0.497 e. The van der Waals surface area contributed by atoms with Crippen LogP contribution in [-0.2, 0) is 0 Å². The summed E-state index contributed by atoms with van der Waals surface area (Å²) in [7, 11) is 1.44. The molecule has 0 radical (unpaired) electrons. The second kappa shape index (κ2) is 5.55. The summed E-state index contributed by atoms with van der Waals surface area (Å²) in [6.07, 6.45) is 0. The monoisotopic (exact) mass is 283 g/mol. The van der Waals surface area contributed by atoms with E-state index in [2.05, 4.69) is 0 Å². The minimum absolute atomic E-state index is 0.188. The number of nitrogens with two attached hydrogens (primary N) is 1. The summed E-state index contributed by atoms with van der Waals surface area (Å²) in [4.78, 5) is 0. The molecule has 2 N–H and O–H groups in total. The molecule has 0 aliphatic heterocycles. The molecule has 0 spiro atoms. The molecule has 2 rings (SSSR count). The fourth-order valence-corrected chi connectivity index (χ4v) is 1.97. The van der Waals surface area contributed by atoms with Crippen LogP contribution in [0.3, 0.4) is 0 Å². The van der Waals surface area contributed by atoms with E-state index in [1.54, 1.807) is 6.07 Å². The molecular formula is C14H12ClF2NO. The van der Waals surface area contributed by atoms with E-state index in [0.29, 0.717) is 5.75 Å². The molecule has 2 aromatic carbocycles. The van der Waals surface area contributed by atoms with Crippen LogP contribution in [0.15, 0.2) is 36.4 Å². The Kier molecular flexibility index (Phi) is 4.02. The fourth-order valence-electron chi connectivity index (χ4n) is 1.81. The third kappa shape index (κ3) is 2.85. The zero-order valence-electron chi connectivity index (χ0n) is 10.2. The molecule has 2 nitrogen and oxygen atoms in total. The molecule has 0 fully saturated rings. The number of hydrogen-bond donors (Lipinski definition) is 1. The van der Waals surface area contributed by atoms with Crippen LogP contribution < -0.4 is 10.5 Å². The molecule has 1 unspecified atom stereocenters. The topological polar surface area (TPSA) is 35.2 Å². The summed E-state index contributed by atoms with van der Waals surface area (Å²) in [6, 6.07) is 7.48. The molecule has 0 amide bonds. The lowest BCUT2D eigenvalue weighted by atomic mass is 9.98. The van der Waals surface area contributed by atoms with Crippen LogP contribution in [0.2, 0.25) is 5.02 Å². The highest BCUT2D eigenvalue weighted by Crippen LogP contribution is 2.28. The average molecular weight is 284 g/mol. The number of ether oxygens (including phenoxy) is 1. The van der Waals surface area contributed by atoms with Crippen molar-refractivity contribution in [1.29, 1.82) is 0 Å². The summed E-state index contributed by atoms with van der Waals surface area (Å²) in [5.74, 6) is -0.721. The van der Waals surface area contributed by atoms with Crippen LogP contribution in [0.5, 0.6) is 5.75 Å². The lowest BCUT2D eigenvalue weighted by Crippen LogP contribution is -2.15. The first-order chi connectivity index (χ1) is 9.02. The van der Waals surface area contributed by atoms with Gasteiger partial charge in [0.05, 0.1) is 13.2 Å². The Morgan fingerprint density at radius 2 is 1.63 bits per heavy atom. The Morgan fingerprint density at radius 3 is 2.16 bits per heavy atom. The average Bonchev–Trinajstić information content (AvgIpc) is 2.37. The zero-order chi connectivity index (χ0) is 14.0. The normalized spacial score (nSPS) is 12.3. The van der Waals surface area contributed by atoms with Crippen LogP contribution in [0.1, 0.15) is 17.2 Å². The Balaban J connectivity index is 2.41. The van der Waals surface area contributed by atoms with Crippen molar-refractivity contribution < 1.29 is 13.5 Å². The van der Waals surface area contributed by atoms with Crippen molar-refractivity contribution in [3.05, 3.63) is 64.2 Å².